The quantitative estimate of drug-likeness (QED) is 0.630. The highest BCUT2D eigenvalue weighted by Gasteiger charge is 2.31. The maximum atomic E-state index is 12.9. The number of aromatic nitrogens is 3. The second kappa shape index (κ2) is 7.62. The molecule has 1 aliphatic rings. The van der Waals surface area contributed by atoms with Gasteiger partial charge in [-0.2, -0.15) is 9.57 Å². The number of piperazine rings is 1. The molecule has 0 aliphatic carbocycles. The molecule has 0 spiro atoms. The number of amides is 1. The molecule has 1 saturated heterocycles. The lowest BCUT2D eigenvalue weighted by molar-refractivity contribution is -0.133. The van der Waals surface area contributed by atoms with Crippen molar-refractivity contribution >= 4 is 27.0 Å². The van der Waals surface area contributed by atoms with Crippen LogP contribution in [0.5, 0.6) is 0 Å². The smallest absolute Gasteiger partial charge is 0.244 e. The zero-order chi connectivity index (χ0) is 20.4. The third-order valence-corrected chi connectivity index (χ3v) is 6.88. The summed E-state index contributed by atoms with van der Waals surface area (Å²) in [5.74, 6) is -0.143. The first-order chi connectivity index (χ1) is 14.0. The molecule has 29 heavy (non-hydrogen) atoms. The van der Waals surface area contributed by atoms with Gasteiger partial charge in [-0.15, -0.1) is 5.10 Å². The van der Waals surface area contributed by atoms with Crippen molar-refractivity contribution in [2.75, 3.05) is 26.2 Å². The van der Waals surface area contributed by atoms with Crippen LogP contribution in [0.2, 0.25) is 0 Å². The van der Waals surface area contributed by atoms with E-state index in [9.17, 15) is 18.5 Å². The second-order valence-corrected chi connectivity index (χ2v) is 8.53. The molecule has 10 heteroatoms. The van der Waals surface area contributed by atoms with E-state index in [0.29, 0.717) is 5.52 Å². The second-order valence-electron chi connectivity index (χ2n) is 6.63. The number of hydrogen-bond acceptors (Lipinski definition) is 6. The molecule has 0 unspecified atom stereocenters. The highest BCUT2D eigenvalue weighted by molar-refractivity contribution is 7.89. The Labute approximate surface area is 167 Å². The van der Waals surface area contributed by atoms with Gasteiger partial charge in [-0.05, 0) is 24.3 Å². The summed E-state index contributed by atoms with van der Waals surface area (Å²) in [5.41, 5.74) is 1.60. The topological polar surface area (TPSA) is 112 Å². The maximum absolute atomic E-state index is 12.9. The molecule has 148 valence electrons. The van der Waals surface area contributed by atoms with Crippen molar-refractivity contribution < 1.29 is 13.2 Å². The van der Waals surface area contributed by atoms with E-state index >= 15 is 0 Å². The SMILES string of the molecule is N#Cc1ccccc1S(=O)(=O)N1CCN(C(=O)Cn2nnc3ccccc32)CC1. The lowest BCUT2D eigenvalue weighted by Gasteiger charge is -2.34. The van der Waals surface area contributed by atoms with Crippen LogP contribution in [0.3, 0.4) is 0 Å². The molecule has 3 aromatic rings. The molecule has 1 fully saturated rings. The molecule has 0 bridgehead atoms. The fourth-order valence-electron chi connectivity index (χ4n) is 3.36. The van der Waals surface area contributed by atoms with Crippen LogP contribution < -0.4 is 0 Å². The van der Waals surface area contributed by atoms with Crippen LogP contribution >= 0.6 is 0 Å². The number of benzene rings is 2. The van der Waals surface area contributed by atoms with Gasteiger partial charge in [0.2, 0.25) is 15.9 Å². The average Bonchev–Trinajstić information content (AvgIpc) is 3.16. The van der Waals surface area contributed by atoms with E-state index in [1.807, 2.05) is 30.3 Å². The fraction of sp³-hybridized carbons (Fsp3) is 0.263. The lowest BCUT2D eigenvalue weighted by atomic mass is 10.2. The Bertz CT molecular complexity index is 1210. The Morgan fingerprint density at radius 3 is 2.48 bits per heavy atom. The predicted molar refractivity (Wildman–Crippen MR) is 104 cm³/mol. The van der Waals surface area contributed by atoms with Gasteiger partial charge >= 0.3 is 0 Å². The monoisotopic (exact) mass is 410 g/mol. The van der Waals surface area contributed by atoms with E-state index in [1.54, 1.807) is 21.7 Å². The number of fused-ring (bicyclic) bond motifs is 1. The molecular weight excluding hydrogens is 392 g/mol. The van der Waals surface area contributed by atoms with Gasteiger partial charge in [0.25, 0.3) is 0 Å². The summed E-state index contributed by atoms with van der Waals surface area (Å²) >= 11 is 0. The standard InChI is InChI=1S/C19H18N6O3S/c20-13-15-5-1-4-8-18(15)29(27,28)24-11-9-23(10-12-24)19(26)14-25-17-7-3-2-6-16(17)21-22-25/h1-8H,9-12,14H2. The van der Waals surface area contributed by atoms with Crippen molar-refractivity contribution in [3.63, 3.8) is 0 Å². The molecule has 0 atom stereocenters. The summed E-state index contributed by atoms with van der Waals surface area (Å²) in [4.78, 5) is 14.3. The average molecular weight is 410 g/mol. The van der Waals surface area contributed by atoms with E-state index in [-0.39, 0.29) is 49.1 Å². The summed E-state index contributed by atoms with van der Waals surface area (Å²) < 4.78 is 28.7. The number of carbonyl (C=O) groups excluding carboxylic acids is 1. The Hall–Kier alpha value is -3.29. The van der Waals surface area contributed by atoms with Crippen LogP contribution in [0.4, 0.5) is 0 Å². The number of rotatable bonds is 4. The third-order valence-electron chi connectivity index (χ3n) is 4.92. The van der Waals surface area contributed by atoms with E-state index in [2.05, 4.69) is 10.3 Å². The fourth-order valence-corrected chi connectivity index (χ4v) is 4.93. The van der Waals surface area contributed by atoms with Crippen molar-refractivity contribution in [2.45, 2.75) is 11.4 Å². The number of carbonyl (C=O) groups is 1. The highest BCUT2D eigenvalue weighted by Crippen LogP contribution is 2.21. The van der Waals surface area contributed by atoms with Gasteiger partial charge in [-0.25, -0.2) is 13.1 Å². The van der Waals surface area contributed by atoms with Crippen LogP contribution in [-0.4, -0.2) is 64.7 Å². The van der Waals surface area contributed by atoms with Gasteiger partial charge in [0.15, 0.2) is 0 Å². The van der Waals surface area contributed by atoms with Crippen LogP contribution in [0.25, 0.3) is 11.0 Å². The minimum Gasteiger partial charge on any atom is -0.338 e. The summed E-state index contributed by atoms with van der Waals surface area (Å²) in [6.45, 7) is 0.946. The van der Waals surface area contributed by atoms with Crippen molar-refractivity contribution in [3.05, 3.63) is 54.1 Å². The predicted octanol–water partition coefficient (Wildman–Crippen LogP) is 0.836. The normalized spacial score (nSPS) is 15.3. The van der Waals surface area contributed by atoms with E-state index in [1.165, 1.54) is 16.4 Å². The molecule has 9 nitrogen and oxygen atoms in total. The van der Waals surface area contributed by atoms with Crippen molar-refractivity contribution in [1.82, 2.24) is 24.2 Å². The van der Waals surface area contributed by atoms with Crippen molar-refractivity contribution in [3.8, 4) is 6.07 Å². The Kier molecular flexibility index (Phi) is 5.00. The number of nitrogens with zero attached hydrogens (tertiary/aromatic N) is 6. The summed E-state index contributed by atoms with van der Waals surface area (Å²) in [7, 11) is -3.79. The third kappa shape index (κ3) is 3.57. The van der Waals surface area contributed by atoms with Gasteiger partial charge in [-0.3, -0.25) is 4.79 Å². The molecule has 0 N–H and O–H groups in total. The minimum absolute atomic E-state index is 0.00337. The first kappa shape index (κ1) is 19.0. The van der Waals surface area contributed by atoms with Gasteiger partial charge < -0.3 is 4.90 Å². The Balaban J connectivity index is 1.44. The van der Waals surface area contributed by atoms with Gasteiger partial charge in [-0.1, -0.05) is 29.5 Å². The Morgan fingerprint density at radius 2 is 1.72 bits per heavy atom. The number of nitriles is 1. The van der Waals surface area contributed by atoms with Crippen molar-refractivity contribution in [2.24, 2.45) is 0 Å². The molecule has 0 saturated carbocycles. The zero-order valence-electron chi connectivity index (χ0n) is 15.5. The molecule has 1 aliphatic heterocycles. The highest BCUT2D eigenvalue weighted by atomic mass is 32.2. The largest absolute Gasteiger partial charge is 0.338 e. The molecule has 4 rings (SSSR count). The number of sulfonamides is 1. The van der Waals surface area contributed by atoms with E-state index in [0.717, 1.165) is 5.52 Å². The molecule has 0 radical (unpaired) electrons. The minimum atomic E-state index is -3.79. The summed E-state index contributed by atoms with van der Waals surface area (Å²) in [6.07, 6.45) is 0. The summed E-state index contributed by atoms with van der Waals surface area (Å²) in [6, 6.07) is 15.4. The summed E-state index contributed by atoms with van der Waals surface area (Å²) in [5, 5.41) is 17.3. The van der Waals surface area contributed by atoms with Crippen LogP contribution in [-0.2, 0) is 21.4 Å². The van der Waals surface area contributed by atoms with Crippen LogP contribution in [0.1, 0.15) is 5.56 Å². The maximum Gasteiger partial charge on any atom is 0.244 e. The molecule has 1 aromatic heterocycles. The molecule has 1 amide bonds. The molecular formula is C19H18N6O3S. The first-order valence-electron chi connectivity index (χ1n) is 9.06. The first-order valence-corrected chi connectivity index (χ1v) is 10.5. The molecule has 2 heterocycles. The van der Waals surface area contributed by atoms with E-state index < -0.39 is 10.0 Å². The zero-order valence-corrected chi connectivity index (χ0v) is 16.3. The lowest BCUT2D eigenvalue weighted by Crippen LogP contribution is -2.51. The Morgan fingerprint density at radius 1 is 1.03 bits per heavy atom. The number of hydrogen-bond donors (Lipinski definition) is 0. The van der Waals surface area contributed by atoms with E-state index in [4.69, 9.17) is 0 Å². The van der Waals surface area contributed by atoms with Gasteiger partial charge in [0.05, 0.1) is 16.0 Å². The van der Waals surface area contributed by atoms with Gasteiger partial charge in [0, 0.05) is 26.2 Å². The molecule has 2 aromatic carbocycles. The number of para-hydroxylation sites is 1. The van der Waals surface area contributed by atoms with Crippen LogP contribution in [0.15, 0.2) is 53.4 Å². The van der Waals surface area contributed by atoms with Crippen LogP contribution in [0, 0.1) is 11.3 Å². The van der Waals surface area contributed by atoms with Gasteiger partial charge in [0.1, 0.15) is 18.1 Å². The van der Waals surface area contributed by atoms with Crippen molar-refractivity contribution in [1.29, 1.82) is 5.26 Å².